The third-order valence-electron chi connectivity index (χ3n) is 1.33. The van der Waals surface area contributed by atoms with E-state index in [9.17, 15) is 9.18 Å². The van der Waals surface area contributed by atoms with Crippen LogP contribution in [-0.2, 0) is 0 Å². The average molecular weight is 221 g/mol. The van der Waals surface area contributed by atoms with Gasteiger partial charge < -0.3 is 4.74 Å². The highest BCUT2D eigenvalue weighted by atomic mass is 35.5. The number of thioether (sulfide) groups is 1. The molecule has 0 aliphatic rings. The number of carbonyl (C=O) groups is 1. The van der Waals surface area contributed by atoms with E-state index >= 15 is 0 Å². The SMILES string of the molecule is COc1ccc(SC(=O)Cl)c(F)c1. The molecule has 0 aromatic heterocycles. The molecule has 1 rings (SSSR count). The van der Waals surface area contributed by atoms with Crippen molar-refractivity contribution in [2.45, 2.75) is 4.90 Å². The van der Waals surface area contributed by atoms with Gasteiger partial charge in [0, 0.05) is 6.07 Å². The molecule has 13 heavy (non-hydrogen) atoms. The van der Waals surface area contributed by atoms with E-state index in [1.165, 1.54) is 19.2 Å². The van der Waals surface area contributed by atoms with Gasteiger partial charge in [-0.2, -0.15) is 0 Å². The molecule has 0 unspecified atom stereocenters. The van der Waals surface area contributed by atoms with E-state index in [1.54, 1.807) is 6.07 Å². The fourth-order valence-electron chi connectivity index (χ4n) is 0.778. The van der Waals surface area contributed by atoms with Crippen molar-refractivity contribution in [1.82, 2.24) is 0 Å². The van der Waals surface area contributed by atoms with Crippen molar-refractivity contribution in [3.63, 3.8) is 0 Å². The molecule has 0 saturated carbocycles. The van der Waals surface area contributed by atoms with Crippen molar-refractivity contribution < 1.29 is 13.9 Å². The van der Waals surface area contributed by atoms with Gasteiger partial charge in [-0.1, -0.05) is 0 Å². The van der Waals surface area contributed by atoms with E-state index < -0.39 is 10.4 Å². The summed E-state index contributed by atoms with van der Waals surface area (Å²) in [6.07, 6.45) is 0. The maximum absolute atomic E-state index is 13.1. The smallest absolute Gasteiger partial charge is 0.284 e. The summed E-state index contributed by atoms with van der Waals surface area (Å²) in [6.45, 7) is 0. The molecule has 0 aliphatic heterocycles. The van der Waals surface area contributed by atoms with E-state index in [0.29, 0.717) is 17.5 Å². The van der Waals surface area contributed by atoms with Crippen LogP contribution in [0.2, 0.25) is 0 Å². The lowest BCUT2D eigenvalue weighted by Crippen LogP contribution is -1.87. The van der Waals surface area contributed by atoms with Gasteiger partial charge in [0.25, 0.3) is 4.57 Å². The van der Waals surface area contributed by atoms with Crippen LogP contribution in [-0.4, -0.2) is 11.7 Å². The lowest BCUT2D eigenvalue weighted by molar-refractivity contribution is 0.276. The Bertz CT molecular complexity index is 330. The summed E-state index contributed by atoms with van der Waals surface area (Å²) >= 11 is 5.72. The maximum atomic E-state index is 13.1. The summed E-state index contributed by atoms with van der Waals surface area (Å²) in [5.74, 6) is -0.109. The van der Waals surface area contributed by atoms with Crippen molar-refractivity contribution in [2.24, 2.45) is 0 Å². The fraction of sp³-hybridized carbons (Fsp3) is 0.125. The van der Waals surface area contributed by atoms with Crippen LogP contribution >= 0.6 is 23.4 Å². The molecule has 0 saturated heterocycles. The second-order valence-electron chi connectivity index (χ2n) is 2.14. The molecule has 0 fully saturated rings. The molecule has 70 valence electrons. The average Bonchev–Trinajstić information content (AvgIpc) is 2.08. The van der Waals surface area contributed by atoms with Crippen molar-refractivity contribution in [1.29, 1.82) is 0 Å². The van der Waals surface area contributed by atoms with Crippen LogP contribution in [0.25, 0.3) is 0 Å². The number of hydrogen-bond acceptors (Lipinski definition) is 3. The van der Waals surface area contributed by atoms with Gasteiger partial charge in [-0.15, -0.1) is 0 Å². The summed E-state index contributed by atoms with van der Waals surface area (Å²) in [5, 5.41) is 0. The lowest BCUT2D eigenvalue weighted by Gasteiger charge is -2.02. The van der Waals surface area contributed by atoms with Gasteiger partial charge in [0.05, 0.1) is 12.0 Å². The number of hydrogen-bond donors (Lipinski definition) is 0. The van der Waals surface area contributed by atoms with Crippen LogP contribution in [0.3, 0.4) is 0 Å². The van der Waals surface area contributed by atoms with E-state index in [4.69, 9.17) is 16.3 Å². The molecule has 0 amide bonds. The monoisotopic (exact) mass is 220 g/mol. The van der Waals surface area contributed by atoms with Crippen molar-refractivity contribution in [3.05, 3.63) is 24.0 Å². The third kappa shape index (κ3) is 2.90. The minimum absolute atomic E-state index is 0.195. The van der Waals surface area contributed by atoms with Gasteiger partial charge in [-0.25, -0.2) is 4.39 Å². The molecule has 0 heterocycles. The second kappa shape index (κ2) is 4.48. The van der Waals surface area contributed by atoms with Gasteiger partial charge in [0.1, 0.15) is 11.6 Å². The molecule has 0 bridgehead atoms. The normalized spacial score (nSPS) is 9.77. The summed E-state index contributed by atoms with van der Waals surface area (Å²) in [7, 11) is 1.44. The van der Waals surface area contributed by atoms with Gasteiger partial charge in [0.2, 0.25) is 0 Å². The zero-order valence-corrected chi connectivity index (χ0v) is 8.29. The lowest BCUT2D eigenvalue weighted by atomic mass is 10.3. The summed E-state index contributed by atoms with van der Waals surface area (Å²) in [5.41, 5.74) is 0. The predicted molar refractivity (Wildman–Crippen MR) is 50.1 cm³/mol. The number of methoxy groups -OCH3 is 1. The van der Waals surface area contributed by atoms with E-state index in [0.717, 1.165) is 0 Å². The molecule has 5 heteroatoms. The Kier molecular flexibility index (Phi) is 3.57. The molecule has 0 atom stereocenters. The first-order valence-corrected chi connectivity index (χ1v) is 4.54. The quantitative estimate of drug-likeness (QED) is 0.565. The Labute approximate surface area is 84.0 Å². The van der Waals surface area contributed by atoms with E-state index in [1.807, 2.05) is 0 Å². The van der Waals surface area contributed by atoms with Crippen LogP contribution in [0.15, 0.2) is 23.1 Å². The number of rotatable bonds is 2. The van der Waals surface area contributed by atoms with Gasteiger partial charge in [-0.05, 0) is 35.5 Å². The summed E-state index contributed by atoms with van der Waals surface area (Å²) in [4.78, 5) is 10.6. The molecule has 0 spiro atoms. The largest absolute Gasteiger partial charge is 0.497 e. The standard InChI is InChI=1S/C8H6ClFO2S/c1-12-5-2-3-7(6(10)4-5)13-8(9)11/h2-4H,1H3. The van der Waals surface area contributed by atoms with Crippen LogP contribution in [0.4, 0.5) is 9.18 Å². The zero-order chi connectivity index (χ0) is 9.84. The van der Waals surface area contributed by atoms with Gasteiger partial charge in [0.15, 0.2) is 0 Å². The Morgan fingerprint density at radius 3 is 2.77 bits per heavy atom. The molecule has 1 aromatic rings. The first-order chi connectivity index (χ1) is 6.13. The van der Waals surface area contributed by atoms with Crippen LogP contribution in [0.5, 0.6) is 5.75 Å². The van der Waals surface area contributed by atoms with Crippen molar-refractivity contribution in [3.8, 4) is 5.75 Å². The number of ether oxygens (including phenoxy) is 1. The van der Waals surface area contributed by atoms with E-state index in [2.05, 4.69) is 0 Å². The Morgan fingerprint density at radius 1 is 1.62 bits per heavy atom. The second-order valence-corrected chi connectivity index (χ2v) is 3.72. The molecule has 0 N–H and O–H groups in total. The van der Waals surface area contributed by atoms with Crippen molar-refractivity contribution in [2.75, 3.05) is 7.11 Å². The highest BCUT2D eigenvalue weighted by Gasteiger charge is 2.07. The first kappa shape index (κ1) is 10.3. The summed E-state index contributed by atoms with van der Waals surface area (Å²) < 4.78 is 17.2. The molecular weight excluding hydrogens is 215 g/mol. The van der Waals surface area contributed by atoms with Crippen molar-refractivity contribution >= 4 is 27.9 Å². The Balaban J connectivity index is 2.91. The van der Waals surface area contributed by atoms with Gasteiger partial charge in [-0.3, -0.25) is 4.79 Å². The molecule has 2 nitrogen and oxygen atoms in total. The molecule has 0 radical (unpaired) electrons. The maximum Gasteiger partial charge on any atom is 0.284 e. The Morgan fingerprint density at radius 2 is 2.31 bits per heavy atom. The minimum Gasteiger partial charge on any atom is -0.497 e. The number of carbonyl (C=O) groups excluding carboxylic acids is 1. The third-order valence-corrected chi connectivity index (χ3v) is 2.27. The first-order valence-electron chi connectivity index (χ1n) is 3.34. The van der Waals surface area contributed by atoms with E-state index in [-0.39, 0.29) is 4.90 Å². The zero-order valence-electron chi connectivity index (χ0n) is 6.71. The molecule has 1 aromatic carbocycles. The molecule has 0 aliphatic carbocycles. The highest BCUT2D eigenvalue weighted by Crippen LogP contribution is 2.27. The predicted octanol–water partition coefficient (Wildman–Crippen LogP) is 3.29. The molecular formula is C8H6ClFO2S. The van der Waals surface area contributed by atoms with Crippen LogP contribution in [0, 0.1) is 5.82 Å². The fourth-order valence-corrected chi connectivity index (χ4v) is 1.49. The van der Waals surface area contributed by atoms with Gasteiger partial charge >= 0.3 is 0 Å². The minimum atomic E-state index is -0.663. The highest BCUT2D eigenvalue weighted by molar-refractivity contribution is 8.16. The number of halogens is 2. The summed E-state index contributed by atoms with van der Waals surface area (Å²) in [6, 6.07) is 4.20. The number of benzene rings is 1. The van der Waals surface area contributed by atoms with Crippen LogP contribution in [0.1, 0.15) is 0 Å². The Hall–Kier alpha value is -0.740. The topological polar surface area (TPSA) is 26.3 Å². The van der Waals surface area contributed by atoms with Crippen LogP contribution < -0.4 is 4.74 Å².